The van der Waals surface area contributed by atoms with Gasteiger partial charge in [-0.15, -0.1) is 0 Å². The summed E-state index contributed by atoms with van der Waals surface area (Å²) in [5.41, 5.74) is 1.31. The van der Waals surface area contributed by atoms with Crippen molar-refractivity contribution in [1.29, 1.82) is 0 Å². The third-order valence-corrected chi connectivity index (χ3v) is 5.97. The second-order valence-electron chi connectivity index (χ2n) is 7.32. The van der Waals surface area contributed by atoms with Gasteiger partial charge >= 0.3 is 0 Å². The maximum absolute atomic E-state index is 9.98. The largest absolute Gasteiger partial charge is 0.508 e. The molecule has 5 rings (SSSR count). The summed E-state index contributed by atoms with van der Waals surface area (Å²) >= 11 is 5.89. The van der Waals surface area contributed by atoms with Crippen LogP contribution in [0.2, 0.25) is 5.02 Å². The van der Waals surface area contributed by atoms with Crippen LogP contribution in [0.25, 0.3) is 0 Å². The van der Waals surface area contributed by atoms with E-state index in [1.165, 1.54) is 38.5 Å². The fourth-order valence-electron chi connectivity index (χ4n) is 5.30. The van der Waals surface area contributed by atoms with Crippen molar-refractivity contribution in [1.82, 2.24) is 5.32 Å². The standard InChI is InChI=1S/C17H22ClNO/c18-15-2-1-14(16(20)6-15)10-19-17-7-11-3-12(8-17)5-13(4-11)9-17/h1-2,6,11-13,19-20H,3-5,7-10H2. The molecule has 0 heterocycles. The van der Waals surface area contributed by atoms with E-state index in [2.05, 4.69) is 5.32 Å². The summed E-state index contributed by atoms with van der Waals surface area (Å²) in [5, 5.41) is 14.4. The van der Waals surface area contributed by atoms with Crippen molar-refractivity contribution < 1.29 is 5.11 Å². The van der Waals surface area contributed by atoms with Crippen LogP contribution in [0.3, 0.4) is 0 Å². The lowest BCUT2D eigenvalue weighted by atomic mass is 9.53. The molecule has 0 unspecified atom stereocenters. The molecule has 1 aromatic rings. The molecule has 3 heteroatoms. The van der Waals surface area contributed by atoms with Crippen molar-refractivity contribution in [2.24, 2.45) is 17.8 Å². The van der Waals surface area contributed by atoms with Gasteiger partial charge in [-0.25, -0.2) is 0 Å². The summed E-state index contributed by atoms with van der Waals surface area (Å²) in [6.45, 7) is 0.759. The zero-order valence-corrected chi connectivity index (χ0v) is 12.5. The first-order valence-electron chi connectivity index (χ1n) is 7.84. The fourth-order valence-corrected chi connectivity index (χ4v) is 5.46. The zero-order valence-electron chi connectivity index (χ0n) is 11.7. The Morgan fingerprint density at radius 1 is 1.10 bits per heavy atom. The Morgan fingerprint density at radius 3 is 2.25 bits per heavy atom. The third kappa shape index (κ3) is 2.23. The first kappa shape index (κ1) is 13.0. The van der Waals surface area contributed by atoms with Crippen molar-refractivity contribution >= 4 is 11.6 Å². The minimum Gasteiger partial charge on any atom is -0.508 e. The highest BCUT2D eigenvalue weighted by atomic mass is 35.5. The number of benzene rings is 1. The molecule has 0 spiro atoms. The van der Waals surface area contributed by atoms with Gasteiger partial charge in [0.25, 0.3) is 0 Å². The Bertz CT molecular complexity index is 492. The molecule has 0 radical (unpaired) electrons. The van der Waals surface area contributed by atoms with Crippen LogP contribution in [-0.4, -0.2) is 10.6 Å². The van der Waals surface area contributed by atoms with E-state index in [-0.39, 0.29) is 0 Å². The van der Waals surface area contributed by atoms with Gasteiger partial charge in [-0.3, -0.25) is 0 Å². The van der Waals surface area contributed by atoms with E-state index >= 15 is 0 Å². The van der Waals surface area contributed by atoms with Crippen molar-refractivity contribution in [2.45, 2.75) is 50.6 Å². The maximum Gasteiger partial charge on any atom is 0.121 e. The second kappa shape index (κ2) is 4.64. The highest BCUT2D eigenvalue weighted by Crippen LogP contribution is 2.55. The summed E-state index contributed by atoms with van der Waals surface area (Å²) in [4.78, 5) is 0. The van der Waals surface area contributed by atoms with Gasteiger partial charge in [-0.05, 0) is 68.4 Å². The molecule has 2 nitrogen and oxygen atoms in total. The van der Waals surface area contributed by atoms with Gasteiger partial charge in [-0.2, -0.15) is 0 Å². The lowest BCUT2D eigenvalue weighted by molar-refractivity contribution is -0.0206. The molecule has 4 fully saturated rings. The topological polar surface area (TPSA) is 32.3 Å². The smallest absolute Gasteiger partial charge is 0.121 e. The number of hydrogen-bond donors (Lipinski definition) is 2. The molecule has 2 N–H and O–H groups in total. The quantitative estimate of drug-likeness (QED) is 0.878. The van der Waals surface area contributed by atoms with E-state index in [0.29, 0.717) is 16.3 Å². The molecule has 0 saturated heterocycles. The number of rotatable bonds is 3. The van der Waals surface area contributed by atoms with E-state index in [0.717, 1.165) is 29.9 Å². The minimum absolute atomic E-state index is 0.315. The average molecular weight is 292 g/mol. The van der Waals surface area contributed by atoms with Gasteiger partial charge < -0.3 is 10.4 Å². The molecule has 1 aromatic carbocycles. The predicted octanol–water partition coefficient (Wildman–Crippen LogP) is 4.10. The van der Waals surface area contributed by atoms with Gasteiger partial charge in [0.1, 0.15) is 5.75 Å². The van der Waals surface area contributed by atoms with E-state index in [9.17, 15) is 5.11 Å². The van der Waals surface area contributed by atoms with Crippen LogP contribution in [0, 0.1) is 17.8 Å². The highest BCUT2D eigenvalue weighted by molar-refractivity contribution is 6.30. The molecule has 4 aliphatic carbocycles. The zero-order chi connectivity index (χ0) is 13.7. The third-order valence-electron chi connectivity index (χ3n) is 5.74. The molecule has 0 atom stereocenters. The summed E-state index contributed by atoms with van der Waals surface area (Å²) in [5.74, 6) is 3.17. The Hall–Kier alpha value is -0.730. The van der Waals surface area contributed by atoms with E-state index < -0.39 is 0 Å². The van der Waals surface area contributed by atoms with Gasteiger partial charge in [-0.1, -0.05) is 17.7 Å². The first-order valence-corrected chi connectivity index (χ1v) is 8.22. The van der Waals surface area contributed by atoms with Crippen molar-refractivity contribution in [3.63, 3.8) is 0 Å². The number of phenols is 1. The molecular weight excluding hydrogens is 270 g/mol. The van der Waals surface area contributed by atoms with Gasteiger partial charge in [0.05, 0.1) is 0 Å². The number of hydrogen-bond acceptors (Lipinski definition) is 2. The fraction of sp³-hybridized carbons (Fsp3) is 0.647. The van der Waals surface area contributed by atoms with Crippen LogP contribution in [0.1, 0.15) is 44.1 Å². The van der Waals surface area contributed by atoms with Gasteiger partial charge in [0, 0.05) is 22.7 Å². The van der Waals surface area contributed by atoms with Crippen LogP contribution in [0.5, 0.6) is 5.75 Å². The molecule has 4 bridgehead atoms. The maximum atomic E-state index is 9.98. The predicted molar refractivity (Wildman–Crippen MR) is 80.9 cm³/mol. The van der Waals surface area contributed by atoms with Crippen molar-refractivity contribution in [3.05, 3.63) is 28.8 Å². The average Bonchev–Trinajstić information content (AvgIpc) is 2.36. The van der Waals surface area contributed by atoms with Gasteiger partial charge in [0.15, 0.2) is 0 Å². The molecule has 108 valence electrons. The second-order valence-corrected chi connectivity index (χ2v) is 7.76. The SMILES string of the molecule is Oc1cc(Cl)ccc1CNC12CC3CC(CC(C3)C1)C2. The van der Waals surface area contributed by atoms with Crippen LogP contribution < -0.4 is 5.32 Å². The summed E-state index contributed by atoms with van der Waals surface area (Å²) in [7, 11) is 0. The highest BCUT2D eigenvalue weighted by Gasteiger charge is 2.50. The Morgan fingerprint density at radius 2 is 1.70 bits per heavy atom. The van der Waals surface area contributed by atoms with Gasteiger partial charge in [0.2, 0.25) is 0 Å². The number of aromatic hydroxyl groups is 1. The van der Waals surface area contributed by atoms with E-state index in [4.69, 9.17) is 11.6 Å². The molecule has 20 heavy (non-hydrogen) atoms. The number of phenolic OH excluding ortho intramolecular Hbond substituents is 1. The molecule has 0 aromatic heterocycles. The Balaban J connectivity index is 1.49. The monoisotopic (exact) mass is 291 g/mol. The van der Waals surface area contributed by atoms with E-state index in [1.54, 1.807) is 6.07 Å². The van der Waals surface area contributed by atoms with Crippen LogP contribution >= 0.6 is 11.6 Å². The number of nitrogens with one attached hydrogen (secondary N) is 1. The van der Waals surface area contributed by atoms with Crippen LogP contribution in [0.15, 0.2) is 18.2 Å². The lowest BCUT2D eigenvalue weighted by Crippen LogP contribution is -2.58. The van der Waals surface area contributed by atoms with Crippen LogP contribution in [-0.2, 0) is 6.54 Å². The normalized spacial score (nSPS) is 38.4. The summed E-state index contributed by atoms with van der Waals surface area (Å²) in [6, 6.07) is 5.43. The molecule has 4 aliphatic rings. The van der Waals surface area contributed by atoms with Crippen molar-refractivity contribution in [2.75, 3.05) is 0 Å². The lowest BCUT2D eigenvalue weighted by Gasteiger charge is -2.57. The van der Waals surface area contributed by atoms with E-state index in [1.807, 2.05) is 12.1 Å². The molecule has 4 saturated carbocycles. The van der Waals surface area contributed by atoms with Crippen LogP contribution in [0.4, 0.5) is 0 Å². The van der Waals surface area contributed by atoms with Crippen molar-refractivity contribution in [3.8, 4) is 5.75 Å². The Kier molecular flexibility index (Phi) is 3.01. The molecular formula is C17H22ClNO. The first-order chi connectivity index (χ1) is 9.62. The Labute approximate surface area is 125 Å². The number of halogens is 1. The molecule has 0 aliphatic heterocycles. The summed E-state index contributed by atoms with van der Waals surface area (Å²) < 4.78 is 0. The molecule has 0 amide bonds. The minimum atomic E-state index is 0.315. The summed E-state index contributed by atoms with van der Waals surface area (Å²) in [6.07, 6.45) is 8.42.